The summed E-state index contributed by atoms with van der Waals surface area (Å²) < 4.78 is 5.60. The minimum Gasteiger partial charge on any atom is -0.474 e. The lowest BCUT2D eigenvalue weighted by atomic mass is 10.1. The topological polar surface area (TPSA) is 143 Å². The number of nitrogens with one attached hydrogen (secondary N) is 5. The van der Waals surface area contributed by atoms with E-state index in [0.717, 1.165) is 55.4 Å². The van der Waals surface area contributed by atoms with Crippen LogP contribution < -0.4 is 31.1 Å². The molecule has 1 aromatic carbocycles. The van der Waals surface area contributed by atoms with Crippen molar-refractivity contribution in [1.82, 2.24) is 25.1 Å². The van der Waals surface area contributed by atoms with Gasteiger partial charge in [0.2, 0.25) is 5.88 Å². The third-order valence-electron chi connectivity index (χ3n) is 7.22. The zero-order valence-electron chi connectivity index (χ0n) is 22.2. The number of hydrogen-bond acceptors (Lipinski definition) is 9. The monoisotopic (exact) mass is 541 g/mol. The van der Waals surface area contributed by atoms with Crippen LogP contribution in [0.1, 0.15) is 21.6 Å². The van der Waals surface area contributed by atoms with E-state index in [9.17, 15) is 9.59 Å². The van der Waals surface area contributed by atoms with Gasteiger partial charge in [-0.3, -0.25) is 19.6 Å². The Labute approximate surface area is 230 Å². The first kappa shape index (κ1) is 25.4. The molecule has 2 aliphatic heterocycles. The van der Waals surface area contributed by atoms with Crippen molar-refractivity contribution in [3.05, 3.63) is 82.2 Å². The standard InChI is InChI=1S/C28H31N9O3/c1-18-23(16-31-28-25(18)29-10-15-40-28)34-22-7-8-30-26(38)24(22)27(39)33-19-2-4-21(5-3-19)37-13-11-36(12-14-37)17-20-6-9-32-35-20/h2-9,16,29H,10-15,17H2,1H3,(H,32,35)(H,33,39)(H2,30,34,38). The number of ether oxygens (including phenoxy) is 1. The van der Waals surface area contributed by atoms with Gasteiger partial charge in [0.15, 0.2) is 0 Å². The molecule has 4 aromatic rings. The van der Waals surface area contributed by atoms with Gasteiger partial charge in [0.25, 0.3) is 11.5 Å². The number of pyridine rings is 2. The van der Waals surface area contributed by atoms with Crippen molar-refractivity contribution in [1.29, 1.82) is 0 Å². The Bertz CT molecular complexity index is 1540. The summed E-state index contributed by atoms with van der Waals surface area (Å²) >= 11 is 0. The Balaban J connectivity index is 1.12. The summed E-state index contributed by atoms with van der Waals surface area (Å²) in [5.74, 6) is 0.0344. The molecule has 12 heteroatoms. The van der Waals surface area contributed by atoms with E-state index in [0.29, 0.717) is 36.1 Å². The molecule has 0 bridgehead atoms. The van der Waals surface area contributed by atoms with Crippen LogP contribution in [0.5, 0.6) is 5.88 Å². The molecule has 0 saturated carbocycles. The number of aromatic nitrogens is 4. The minimum atomic E-state index is -0.505. The van der Waals surface area contributed by atoms with Crippen molar-refractivity contribution in [3.8, 4) is 5.88 Å². The molecule has 40 heavy (non-hydrogen) atoms. The fourth-order valence-electron chi connectivity index (χ4n) is 5.03. The molecule has 0 spiro atoms. The molecule has 12 nitrogen and oxygen atoms in total. The summed E-state index contributed by atoms with van der Waals surface area (Å²) in [6, 6.07) is 11.4. The van der Waals surface area contributed by atoms with Gasteiger partial charge >= 0.3 is 0 Å². The van der Waals surface area contributed by atoms with Gasteiger partial charge in [0, 0.05) is 74.3 Å². The van der Waals surface area contributed by atoms with E-state index in [1.54, 1.807) is 18.5 Å². The van der Waals surface area contributed by atoms with Gasteiger partial charge in [-0.15, -0.1) is 0 Å². The molecule has 0 atom stereocenters. The highest BCUT2D eigenvalue weighted by atomic mass is 16.5. The second-order valence-electron chi connectivity index (χ2n) is 9.82. The third kappa shape index (κ3) is 5.34. The van der Waals surface area contributed by atoms with Crippen molar-refractivity contribution < 1.29 is 9.53 Å². The third-order valence-corrected chi connectivity index (χ3v) is 7.22. The van der Waals surface area contributed by atoms with Gasteiger partial charge in [-0.05, 0) is 43.3 Å². The number of anilines is 5. The van der Waals surface area contributed by atoms with Crippen LogP contribution in [-0.4, -0.2) is 70.3 Å². The Morgan fingerprint density at radius 1 is 1.07 bits per heavy atom. The van der Waals surface area contributed by atoms with Crippen molar-refractivity contribution in [3.63, 3.8) is 0 Å². The number of nitrogens with zero attached hydrogens (tertiary/aromatic N) is 4. The Kier molecular flexibility index (Phi) is 7.06. The first-order chi connectivity index (χ1) is 19.5. The smallest absolute Gasteiger partial charge is 0.263 e. The zero-order valence-corrected chi connectivity index (χ0v) is 22.2. The Hall–Kier alpha value is -4.84. The number of aromatic amines is 2. The number of rotatable bonds is 7. The average Bonchev–Trinajstić information content (AvgIpc) is 3.49. The predicted molar refractivity (Wildman–Crippen MR) is 154 cm³/mol. The number of carbonyl (C=O) groups is 1. The fraction of sp³-hybridized carbons (Fsp3) is 0.286. The SMILES string of the molecule is Cc1c(Nc2cc[nH]c(=O)c2C(=O)Nc2ccc(N3CCN(Cc4ccn[nH]4)CC3)cc2)cnc2c1NCCO2. The van der Waals surface area contributed by atoms with Crippen LogP contribution in [-0.2, 0) is 6.54 Å². The molecule has 1 fully saturated rings. The van der Waals surface area contributed by atoms with Crippen molar-refractivity contribution >= 4 is 34.3 Å². The molecule has 206 valence electrons. The quantitative estimate of drug-likeness (QED) is 0.239. The lowest BCUT2D eigenvalue weighted by Gasteiger charge is -2.35. The number of carbonyl (C=O) groups excluding carboxylic acids is 1. The second kappa shape index (κ2) is 11.1. The van der Waals surface area contributed by atoms with Crippen LogP contribution in [0.3, 0.4) is 0 Å². The van der Waals surface area contributed by atoms with Gasteiger partial charge in [0.1, 0.15) is 17.9 Å². The van der Waals surface area contributed by atoms with E-state index in [-0.39, 0.29) is 5.56 Å². The molecule has 0 unspecified atom stereocenters. The number of H-pyrrole nitrogens is 2. The maximum atomic E-state index is 13.3. The van der Waals surface area contributed by atoms with E-state index >= 15 is 0 Å². The Morgan fingerprint density at radius 2 is 1.90 bits per heavy atom. The van der Waals surface area contributed by atoms with E-state index < -0.39 is 11.5 Å². The molecular formula is C28H31N9O3. The van der Waals surface area contributed by atoms with Gasteiger partial charge in [-0.2, -0.15) is 5.10 Å². The largest absolute Gasteiger partial charge is 0.474 e. The molecule has 2 aliphatic rings. The summed E-state index contributed by atoms with van der Waals surface area (Å²) in [5.41, 5.74) is 5.04. The first-order valence-corrected chi connectivity index (χ1v) is 13.3. The predicted octanol–water partition coefficient (Wildman–Crippen LogP) is 2.92. The van der Waals surface area contributed by atoms with Crippen molar-refractivity contribution in [2.45, 2.75) is 13.5 Å². The van der Waals surface area contributed by atoms with Crippen LogP contribution in [0.15, 0.2) is 59.8 Å². The fourth-order valence-corrected chi connectivity index (χ4v) is 5.03. The molecule has 0 aliphatic carbocycles. The van der Waals surface area contributed by atoms with Crippen LogP contribution in [0.4, 0.5) is 28.4 Å². The van der Waals surface area contributed by atoms with Crippen molar-refractivity contribution in [2.24, 2.45) is 0 Å². The summed E-state index contributed by atoms with van der Waals surface area (Å²) in [5, 5.41) is 16.4. The molecule has 3 aromatic heterocycles. The first-order valence-electron chi connectivity index (χ1n) is 13.3. The van der Waals surface area contributed by atoms with Gasteiger partial charge in [-0.1, -0.05) is 0 Å². The van der Waals surface area contributed by atoms with E-state index in [4.69, 9.17) is 4.74 Å². The lowest BCUT2D eigenvalue weighted by molar-refractivity contribution is 0.102. The normalized spacial score (nSPS) is 15.1. The molecule has 1 saturated heterocycles. The van der Waals surface area contributed by atoms with Crippen LogP contribution in [0, 0.1) is 6.92 Å². The maximum absolute atomic E-state index is 13.3. The number of benzene rings is 1. The molecule has 5 heterocycles. The van der Waals surface area contributed by atoms with Gasteiger partial charge in [0.05, 0.1) is 17.6 Å². The zero-order chi connectivity index (χ0) is 27.5. The number of fused-ring (bicyclic) bond motifs is 1. The molecule has 0 radical (unpaired) electrons. The summed E-state index contributed by atoms with van der Waals surface area (Å²) in [6.07, 6.45) is 4.92. The van der Waals surface area contributed by atoms with Crippen LogP contribution >= 0.6 is 0 Å². The second-order valence-corrected chi connectivity index (χ2v) is 9.82. The van der Waals surface area contributed by atoms with E-state index in [2.05, 4.69) is 45.9 Å². The summed E-state index contributed by atoms with van der Waals surface area (Å²) in [7, 11) is 0. The van der Waals surface area contributed by atoms with Crippen LogP contribution in [0.2, 0.25) is 0 Å². The molecule has 6 rings (SSSR count). The van der Waals surface area contributed by atoms with Crippen molar-refractivity contribution in [2.75, 3.05) is 60.2 Å². The van der Waals surface area contributed by atoms with Gasteiger partial charge in [-0.25, -0.2) is 4.98 Å². The highest BCUT2D eigenvalue weighted by Gasteiger charge is 2.21. The molecular weight excluding hydrogens is 510 g/mol. The van der Waals surface area contributed by atoms with E-state index in [1.807, 2.05) is 37.3 Å². The maximum Gasteiger partial charge on any atom is 0.263 e. The average molecular weight is 542 g/mol. The Morgan fingerprint density at radius 3 is 2.67 bits per heavy atom. The highest BCUT2D eigenvalue weighted by Crippen LogP contribution is 2.34. The number of piperazine rings is 1. The number of hydrogen-bond donors (Lipinski definition) is 5. The molecule has 5 N–H and O–H groups in total. The summed E-state index contributed by atoms with van der Waals surface area (Å²) in [4.78, 5) is 37.7. The lowest BCUT2D eigenvalue weighted by Crippen LogP contribution is -2.46. The van der Waals surface area contributed by atoms with Crippen LogP contribution in [0.25, 0.3) is 0 Å². The summed E-state index contributed by atoms with van der Waals surface area (Å²) in [6.45, 7) is 7.74. The van der Waals surface area contributed by atoms with E-state index in [1.165, 1.54) is 6.20 Å². The minimum absolute atomic E-state index is 0.0127. The highest BCUT2D eigenvalue weighted by molar-refractivity contribution is 6.08. The number of amides is 1. The molecule has 1 amide bonds. The van der Waals surface area contributed by atoms with Gasteiger partial charge < -0.3 is 30.6 Å².